The molecule has 0 unspecified atom stereocenters. The van der Waals surface area contributed by atoms with Crippen LogP contribution in [0, 0.1) is 5.41 Å². The van der Waals surface area contributed by atoms with Gasteiger partial charge in [0.2, 0.25) is 0 Å². The molecule has 0 aromatic carbocycles. The fourth-order valence-electron chi connectivity index (χ4n) is 3.75. The molecule has 0 saturated carbocycles. The van der Waals surface area contributed by atoms with E-state index in [1.807, 2.05) is 32.0 Å². The molecule has 2 aliphatic rings. The van der Waals surface area contributed by atoms with Crippen molar-refractivity contribution in [1.82, 2.24) is 14.8 Å². The molecule has 0 atom stereocenters. The molecule has 2 fully saturated rings. The van der Waals surface area contributed by atoms with Gasteiger partial charge in [0.05, 0.1) is 11.1 Å². The average Bonchev–Trinajstić information content (AvgIpc) is 3.36. The minimum atomic E-state index is 0.0462. The Morgan fingerprint density at radius 1 is 1.00 bits per heavy atom. The van der Waals surface area contributed by atoms with Gasteiger partial charge in [0, 0.05) is 36.9 Å². The number of piperidine rings is 1. The molecule has 0 aliphatic carbocycles. The van der Waals surface area contributed by atoms with Crippen LogP contribution in [0.15, 0.2) is 27.7 Å². The SMILES string of the molecule is O=C(c1ccsc1)N1CCC2(CC1)CCN(C(=O)c1cscn1)C2. The van der Waals surface area contributed by atoms with Crippen LogP contribution in [0.5, 0.6) is 0 Å². The van der Waals surface area contributed by atoms with Crippen molar-refractivity contribution >= 4 is 34.5 Å². The van der Waals surface area contributed by atoms with E-state index in [1.165, 1.54) is 11.3 Å². The predicted octanol–water partition coefficient (Wildman–Crippen LogP) is 2.97. The summed E-state index contributed by atoms with van der Waals surface area (Å²) in [7, 11) is 0. The highest BCUT2D eigenvalue weighted by molar-refractivity contribution is 7.08. The van der Waals surface area contributed by atoms with Crippen LogP contribution in [0.3, 0.4) is 0 Å². The number of rotatable bonds is 2. The summed E-state index contributed by atoms with van der Waals surface area (Å²) in [6.45, 7) is 3.17. The lowest BCUT2D eigenvalue weighted by Gasteiger charge is -2.39. The van der Waals surface area contributed by atoms with E-state index in [0.29, 0.717) is 5.69 Å². The maximum atomic E-state index is 12.5. The zero-order valence-corrected chi connectivity index (χ0v) is 14.9. The molecule has 5 nitrogen and oxygen atoms in total. The summed E-state index contributed by atoms with van der Waals surface area (Å²) < 4.78 is 0. The number of aromatic nitrogens is 1. The Labute approximate surface area is 148 Å². The topological polar surface area (TPSA) is 53.5 Å². The van der Waals surface area contributed by atoms with Gasteiger partial charge >= 0.3 is 0 Å². The Bertz CT molecular complexity index is 719. The van der Waals surface area contributed by atoms with E-state index in [4.69, 9.17) is 0 Å². The Balaban J connectivity index is 1.37. The summed E-state index contributed by atoms with van der Waals surface area (Å²) in [5.41, 5.74) is 3.23. The van der Waals surface area contributed by atoms with Gasteiger partial charge in [-0.25, -0.2) is 4.98 Å². The molecule has 0 N–H and O–H groups in total. The Hall–Kier alpha value is -1.73. The van der Waals surface area contributed by atoms with E-state index in [1.54, 1.807) is 16.8 Å². The molecule has 7 heteroatoms. The molecular formula is C17H19N3O2S2. The first-order valence-electron chi connectivity index (χ1n) is 8.16. The van der Waals surface area contributed by atoms with E-state index in [-0.39, 0.29) is 17.2 Å². The van der Waals surface area contributed by atoms with Gasteiger partial charge in [-0.3, -0.25) is 9.59 Å². The van der Waals surface area contributed by atoms with Gasteiger partial charge in [-0.1, -0.05) is 0 Å². The second-order valence-electron chi connectivity index (χ2n) is 6.65. The van der Waals surface area contributed by atoms with Crippen LogP contribution in [0.25, 0.3) is 0 Å². The van der Waals surface area contributed by atoms with Crippen LogP contribution >= 0.6 is 22.7 Å². The van der Waals surface area contributed by atoms with Gasteiger partial charge in [0.1, 0.15) is 5.69 Å². The lowest BCUT2D eigenvalue weighted by molar-refractivity contribution is 0.0565. The summed E-state index contributed by atoms with van der Waals surface area (Å²) in [5.74, 6) is 0.185. The third-order valence-corrected chi connectivity index (χ3v) is 6.53. The molecular weight excluding hydrogens is 342 g/mol. The van der Waals surface area contributed by atoms with E-state index >= 15 is 0 Å². The minimum Gasteiger partial charge on any atom is -0.339 e. The average molecular weight is 361 g/mol. The second kappa shape index (κ2) is 6.29. The first kappa shape index (κ1) is 15.8. The van der Waals surface area contributed by atoms with Gasteiger partial charge in [0.15, 0.2) is 0 Å². The van der Waals surface area contributed by atoms with Crippen molar-refractivity contribution in [3.05, 3.63) is 39.0 Å². The molecule has 0 bridgehead atoms. The first-order valence-corrected chi connectivity index (χ1v) is 10.0. The zero-order valence-electron chi connectivity index (χ0n) is 13.3. The van der Waals surface area contributed by atoms with Gasteiger partial charge < -0.3 is 9.80 Å². The standard InChI is InChI=1S/C17H19N3O2S2/c21-15(13-1-8-23-9-13)19-5-2-17(3-6-19)4-7-20(11-17)16(22)14-10-24-12-18-14/h1,8-10,12H,2-7,11H2. The van der Waals surface area contributed by atoms with Crippen LogP contribution in [0.2, 0.25) is 0 Å². The molecule has 1 spiro atoms. The van der Waals surface area contributed by atoms with Crippen molar-refractivity contribution in [3.8, 4) is 0 Å². The van der Waals surface area contributed by atoms with E-state index in [2.05, 4.69) is 4.98 Å². The van der Waals surface area contributed by atoms with Crippen molar-refractivity contribution in [1.29, 1.82) is 0 Å². The molecule has 2 aliphatic heterocycles. The maximum absolute atomic E-state index is 12.5. The Morgan fingerprint density at radius 3 is 2.38 bits per heavy atom. The Morgan fingerprint density at radius 2 is 1.75 bits per heavy atom. The summed E-state index contributed by atoms with van der Waals surface area (Å²) in [6.07, 6.45) is 2.98. The highest BCUT2D eigenvalue weighted by Gasteiger charge is 2.43. The molecule has 2 aromatic heterocycles. The van der Waals surface area contributed by atoms with Crippen molar-refractivity contribution < 1.29 is 9.59 Å². The molecule has 2 saturated heterocycles. The summed E-state index contributed by atoms with van der Waals surface area (Å²) in [6, 6.07) is 1.89. The van der Waals surface area contributed by atoms with Crippen molar-refractivity contribution in [2.24, 2.45) is 5.41 Å². The van der Waals surface area contributed by atoms with Crippen LogP contribution in [-0.2, 0) is 0 Å². The summed E-state index contributed by atoms with van der Waals surface area (Å²) >= 11 is 3.01. The minimum absolute atomic E-state index is 0.0462. The number of carbonyl (C=O) groups excluding carboxylic acids is 2. The molecule has 4 heterocycles. The quantitative estimate of drug-likeness (QED) is 0.826. The zero-order chi connectivity index (χ0) is 16.6. The number of carbonyl (C=O) groups is 2. The third-order valence-electron chi connectivity index (χ3n) is 5.26. The number of thiazole rings is 1. The van der Waals surface area contributed by atoms with E-state index in [0.717, 1.165) is 51.0 Å². The van der Waals surface area contributed by atoms with Gasteiger partial charge in [0.25, 0.3) is 11.8 Å². The van der Waals surface area contributed by atoms with Gasteiger partial charge in [-0.15, -0.1) is 11.3 Å². The van der Waals surface area contributed by atoms with Crippen LogP contribution in [0.1, 0.15) is 40.1 Å². The van der Waals surface area contributed by atoms with Crippen molar-refractivity contribution in [2.75, 3.05) is 26.2 Å². The number of amides is 2. The normalized spacial score (nSPS) is 19.8. The number of nitrogens with zero attached hydrogens (tertiary/aromatic N) is 3. The largest absolute Gasteiger partial charge is 0.339 e. The predicted molar refractivity (Wildman–Crippen MR) is 94.5 cm³/mol. The maximum Gasteiger partial charge on any atom is 0.273 e. The van der Waals surface area contributed by atoms with Crippen LogP contribution in [0.4, 0.5) is 0 Å². The smallest absolute Gasteiger partial charge is 0.273 e. The highest BCUT2D eigenvalue weighted by Crippen LogP contribution is 2.41. The summed E-state index contributed by atoms with van der Waals surface area (Å²) in [5, 5.41) is 5.67. The molecule has 2 amide bonds. The number of hydrogen-bond acceptors (Lipinski definition) is 5. The lowest BCUT2D eigenvalue weighted by atomic mass is 9.77. The van der Waals surface area contributed by atoms with Gasteiger partial charge in [-0.2, -0.15) is 11.3 Å². The molecule has 24 heavy (non-hydrogen) atoms. The fourth-order valence-corrected chi connectivity index (χ4v) is 4.91. The molecule has 0 radical (unpaired) electrons. The fraction of sp³-hybridized carbons (Fsp3) is 0.471. The number of hydrogen-bond donors (Lipinski definition) is 0. The lowest BCUT2D eigenvalue weighted by Crippen LogP contribution is -2.44. The highest BCUT2D eigenvalue weighted by atomic mass is 32.1. The van der Waals surface area contributed by atoms with Crippen molar-refractivity contribution in [3.63, 3.8) is 0 Å². The van der Waals surface area contributed by atoms with E-state index in [9.17, 15) is 9.59 Å². The van der Waals surface area contributed by atoms with E-state index < -0.39 is 0 Å². The molecule has 4 rings (SSSR count). The first-order chi connectivity index (χ1) is 11.7. The van der Waals surface area contributed by atoms with Crippen LogP contribution < -0.4 is 0 Å². The number of likely N-dealkylation sites (tertiary alicyclic amines) is 2. The third kappa shape index (κ3) is 2.86. The number of thiophene rings is 1. The summed E-state index contributed by atoms with van der Waals surface area (Å²) in [4.78, 5) is 32.9. The monoisotopic (exact) mass is 361 g/mol. The molecule has 126 valence electrons. The van der Waals surface area contributed by atoms with Crippen LogP contribution in [-0.4, -0.2) is 52.8 Å². The second-order valence-corrected chi connectivity index (χ2v) is 8.15. The van der Waals surface area contributed by atoms with Gasteiger partial charge in [-0.05, 0) is 36.1 Å². The molecule has 2 aromatic rings. The Kier molecular flexibility index (Phi) is 4.14. The van der Waals surface area contributed by atoms with Crippen molar-refractivity contribution in [2.45, 2.75) is 19.3 Å².